The van der Waals surface area contributed by atoms with E-state index >= 15 is 0 Å². The van der Waals surface area contributed by atoms with Crippen molar-refractivity contribution in [3.8, 4) is 0 Å². The molecular formula is C13H14ClNO2S2. The van der Waals surface area contributed by atoms with Crippen LogP contribution in [-0.2, 0) is 16.0 Å². The van der Waals surface area contributed by atoms with E-state index in [1.165, 1.54) is 11.3 Å². The van der Waals surface area contributed by atoms with Gasteiger partial charge in [0, 0.05) is 18.5 Å². The molecule has 3 nitrogen and oxygen atoms in total. The molecule has 0 saturated heterocycles. The normalized spacial score (nSPS) is 12.3. The van der Waals surface area contributed by atoms with Crippen molar-refractivity contribution in [1.82, 2.24) is 5.32 Å². The van der Waals surface area contributed by atoms with Crippen LogP contribution in [0.2, 0.25) is 4.34 Å². The van der Waals surface area contributed by atoms with Crippen LogP contribution in [0.15, 0.2) is 29.0 Å². The Balaban J connectivity index is 1.84. The maximum atomic E-state index is 11.8. The van der Waals surface area contributed by atoms with Crippen LogP contribution in [-0.4, -0.2) is 19.6 Å². The van der Waals surface area contributed by atoms with Crippen molar-refractivity contribution in [2.24, 2.45) is 0 Å². The van der Waals surface area contributed by atoms with E-state index in [-0.39, 0.29) is 12.0 Å². The summed E-state index contributed by atoms with van der Waals surface area (Å²) in [6.07, 6.45) is 0.259. The number of amides is 1. The first kappa shape index (κ1) is 14.5. The van der Waals surface area contributed by atoms with Crippen molar-refractivity contribution in [3.05, 3.63) is 43.7 Å². The lowest BCUT2D eigenvalue weighted by atomic mass is 10.2. The summed E-state index contributed by atoms with van der Waals surface area (Å²) in [7, 11) is 1.63. The molecule has 0 spiro atoms. The number of carbonyl (C=O) groups is 1. The van der Waals surface area contributed by atoms with E-state index in [0.717, 1.165) is 14.8 Å². The topological polar surface area (TPSA) is 38.3 Å². The van der Waals surface area contributed by atoms with Crippen LogP contribution in [0.4, 0.5) is 0 Å². The summed E-state index contributed by atoms with van der Waals surface area (Å²) >= 11 is 8.96. The van der Waals surface area contributed by atoms with E-state index in [9.17, 15) is 4.79 Å². The smallest absolute Gasteiger partial charge is 0.224 e. The standard InChI is InChI=1S/C13H14ClNO2S2/c1-17-10(11-2-3-12(14)19-11)7-15-13(16)6-9-4-5-18-8-9/h2-5,8,10H,6-7H2,1H3,(H,15,16)/t10-/m0/s1. The molecule has 0 aliphatic rings. The molecule has 19 heavy (non-hydrogen) atoms. The second kappa shape index (κ2) is 7.05. The fourth-order valence-corrected chi connectivity index (χ4v) is 3.46. The molecule has 6 heteroatoms. The summed E-state index contributed by atoms with van der Waals surface area (Å²) < 4.78 is 6.10. The highest BCUT2D eigenvalue weighted by Crippen LogP contribution is 2.28. The molecular weight excluding hydrogens is 302 g/mol. The first-order valence-corrected chi connectivity index (χ1v) is 7.88. The highest BCUT2D eigenvalue weighted by atomic mass is 35.5. The Morgan fingerprint density at radius 1 is 1.47 bits per heavy atom. The number of hydrogen-bond acceptors (Lipinski definition) is 4. The molecule has 0 bridgehead atoms. The minimum atomic E-state index is -0.149. The zero-order valence-corrected chi connectivity index (χ0v) is 12.8. The molecule has 0 saturated carbocycles. The van der Waals surface area contributed by atoms with E-state index in [1.54, 1.807) is 18.4 Å². The van der Waals surface area contributed by atoms with Crippen molar-refractivity contribution in [1.29, 1.82) is 0 Å². The van der Waals surface area contributed by atoms with E-state index in [2.05, 4.69) is 5.32 Å². The maximum Gasteiger partial charge on any atom is 0.224 e. The van der Waals surface area contributed by atoms with Crippen molar-refractivity contribution in [3.63, 3.8) is 0 Å². The van der Waals surface area contributed by atoms with Gasteiger partial charge in [0.2, 0.25) is 5.91 Å². The lowest BCUT2D eigenvalue weighted by Gasteiger charge is -2.14. The zero-order chi connectivity index (χ0) is 13.7. The van der Waals surface area contributed by atoms with Gasteiger partial charge in [-0.2, -0.15) is 11.3 Å². The SMILES string of the molecule is CO[C@@H](CNC(=O)Cc1ccsc1)c1ccc(Cl)s1. The van der Waals surface area contributed by atoms with E-state index < -0.39 is 0 Å². The number of hydrogen-bond donors (Lipinski definition) is 1. The van der Waals surface area contributed by atoms with Gasteiger partial charge in [-0.25, -0.2) is 0 Å². The van der Waals surface area contributed by atoms with Gasteiger partial charge in [0.15, 0.2) is 0 Å². The van der Waals surface area contributed by atoms with Gasteiger partial charge in [0.05, 0.1) is 10.8 Å². The van der Waals surface area contributed by atoms with Gasteiger partial charge in [-0.15, -0.1) is 11.3 Å². The molecule has 1 atom stereocenters. The largest absolute Gasteiger partial charge is 0.374 e. The second-order valence-electron chi connectivity index (χ2n) is 3.98. The minimum Gasteiger partial charge on any atom is -0.374 e. The number of methoxy groups -OCH3 is 1. The molecule has 2 aromatic heterocycles. The average Bonchev–Trinajstić information content (AvgIpc) is 3.02. The molecule has 0 radical (unpaired) electrons. The lowest BCUT2D eigenvalue weighted by Crippen LogP contribution is -2.29. The fourth-order valence-electron chi connectivity index (χ4n) is 1.65. The lowest BCUT2D eigenvalue weighted by molar-refractivity contribution is -0.121. The summed E-state index contributed by atoms with van der Waals surface area (Å²) in [5.41, 5.74) is 1.04. The van der Waals surface area contributed by atoms with Gasteiger partial charge in [-0.3, -0.25) is 4.79 Å². The van der Waals surface area contributed by atoms with Crippen LogP contribution in [0.5, 0.6) is 0 Å². The highest BCUT2D eigenvalue weighted by Gasteiger charge is 2.14. The predicted octanol–water partition coefficient (Wildman–Crippen LogP) is 3.51. The number of rotatable bonds is 6. The fraction of sp³-hybridized carbons (Fsp3) is 0.308. The Labute approximate surface area is 125 Å². The van der Waals surface area contributed by atoms with Gasteiger partial charge in [0.25, 0.3) is 0 Å². The van der Waals surface area contributed by atoms with Gasteiger partial charge in [-0.05, 0) is 34.5 Å². The van der Waals surface area contributed by atoms with Crippen LogP contribution in [0.25, 0.3) is 0 Å². The number of nitrogens with one attached hydrogen (secondary N) is 1. The molecule has 0 aliphatic heterocycles. The van der Waals surface area contributed by atoms with Crippen molar-refractivity contribution < 1.29 is 9.53 Å². The van der Waals surface area contributed by atoms with Crippen molar-refractivity contribution >= 4 is 40.2 Å². The first-order valence-electron chi connectivity index (χ1n) is 5.75. The van der Waals surface area contributed by atoms with E-state index in [4.69, 9.17) is 16.3 Å². The van der Waals surface area contributed by atoms with Crippen molar-refractivity contribution in [2.75, 3.05) is 13.7 Å². The summed E-state index contributed by atoms with van der Waals surface area (Å²) in [6, 6.07) is 5.71. The monoisotopic (exact) mass is 315 g/mol. The quantitative estimate of drug-likeness (QED) is 0.886. The second-order valence-corrected chi connectivity index (χ2v) is 6.51. The Hall–Kier alpha value is -0.880. The van der Waals surface area contributed by atoms with Gasteiger partial charge in [0.1, 0.15) is 6.10 Å². The third-order valence-electron chi connectivity index (χ3n) is 2.63. The Morgan fingerprint density at radius 2 is 2.32 bits per heavy atom. The van der Waals surface area contributed by atoms with Crippen molar-refractivity contribution in [2.45, 2.75) is 12.5 Å². The maximum absolute atomic E-state index is 11.8. The van der Waals surface area contributed by atoms with Gasteiger partial charge in [-0.1, -0.05) is 11.6 Å². The Kier molecular flexibility index (Phi) is 5.39. The van der Waals surface area contributed by atoms with Gasteiger partial charge < -0.3 is 10.1 Å². The summed E-state index contributed by atoms with van der Waals surface area (Å²) in [5.74, 6) is 0.00287. The number of thiophene rings is 2. The average molecular weight is 316 g/mol. The Morgan fingerprint density at radius 3 is 2.89 bits per heavy atom. The first-order chi connectivity index (χ1) is 9.19. The number of ether oxygens (including phenoxy) is 1. The predicted molar refractivity (Wildman–Crippen MR) is 80.1 cm³/mol. The molecule has 0 fully saturated rings. The van der Waals surface area contributed by atoms with E-state index in [0.29, 0.717) is 13.0 Å². The van der Waals surface area contributed by atoms with Crippen LogP contribution < -0.4 is 5.32 Å². The third-order valence-corrected chi connectivity index (χ3v) is 4.68. The minimum absolute atomic E-state index is 0.00287. The van der Waals surface area contributed by atoms with Crippen LogP contribution in [0.1, 0.15) is 16.5 Å². The third kappa shape index (κ3) is 4.31. The molecule has 2 heterocycles. The molecule has 1 N–H and O–H groups in total. The zero-order valence-electron chi connectivity index (χ0n) is 10.4. The molecule has 1 amide bonds. The van der Waals surface area contributed by atoms with E-state index in [1.807, 2.05) is 29.0 Å². The van der Waals surface area contributed by atoms with Crippen LogP contribution >= 0.6 is 34.3 Å². The molecule has 102 valence electrons. The van der Waals surface area contributed by atoms with Crippen LogP contribution in [0, 0.1) is 0 Å². The molecule has 0 unspecified atom stereocenters. The van der Waals surface area contributed by atoms with Crippen LogP contribution in [0.3, 0.4) is 0 Å². The summed E-state index contributed by atoms with van der Waals surface area (Å²) in [6.45, 7) is 0.455. The summed E-state index contributed by atoms with van der Waals surface area (Å²) in [5, 5.41) is 6.83. The van der Waals surface area contributed by atoms with Gasteiger partial charge >= 0.3 is 0 Å². The molecule has 0 aliphatic carbocycles. The molecule has 2 rings (SSSR count). The number of carbonyl (C=O) groups excluding carboxylic acids is 1. The Bertz CT molecular complexity index is 524. The highest BCUT2D eigenvalue weighted by molar-refractivity contribution is 7.16. The number of halogens is 1. The molecule has 2 aromatic rings. The molecule has 0 aromatic carbocycles. The summed E-state index contributed by atoms with van der Waals surface area (Å²) in [4.78, 5) is 12.8.